The number of carbonyl (C=O) groups is 1. The van der Waals surface area contributed by atoms with E-state index in [2.05, 4.69) is 25.8 Å². The number of nitrogens with one attached hydrogen (secondary N) is 1. The molecule has 3 atom stereocenters. The normalized spacial score (nSPS) is 24.5. The van der Waals surface area contributed by atoms with Gasteiger partial charge in [-0.15, -0.1) is 0 Å². The van der Waals surface area contributed by atoms with E-state index in [1.165, 1.54) is 10.8 Å². The number of carboxylic acids is 1. The first-order valence-electron chi connectivity index (χ1n) is 8.21. The molecule has 1 aromatic rings. The summed E-state index contributed by atoms with van der Waals surface area (Å²) >= 11 is 0. The molecule has 0 saturated carbocycles. The number of H-pyrrole nitrogens is 1. The molecule has 1 unspecified atom stereocenters. The molecule has 1 aromatic heterocycles. The van der Waals surface area contributed by atoms with E-state index in [0.29, 0.717) is 5.56 Å². The second-order valence-electron chi connectivity index (χ2n) is 7.98. The number of aromatic amines is 1. The van der Waals surface area contributed by atoms with E-state index in [4.69, 9.17) is 9.16 Å². The summed E-state index contributed by atoms with van der Waals surface area (Å²) in [5, 5.41) is 9.40. The predicted molar refractivity (Wildman–Crippen MR) is 94.3 cm³/mol. The van der Waals surface area contributed by atoms with Crippen molar-refractivity contribution < 1.29 is 19.1 Å². The molecule has 0 aliphatic carbocycles. The van der Waals surface area contributed by atoms with E-state index in [0.717, 1.165) is 0 Å². The average molecular weight is 370 g/mol. The Morgan fingerprint density at radius 3 is 2.52 bits per heavy atom. The van der Waals surface area contributed by atoms with Crippen LogP contribution in [0.3, 0.4) is 0 Å². The number of hydrogen-bond donors (Lipinski definition) is 2. The zero-order valence-corrected chi connectivity index (χ0v) is 16.5. The first-order valence-corrected chi connectivity index (χ1v) is 11.1. The Hall–Kier alpha value is -1.71. The molecule has 9 heteroatoms. The van der Waals surface area contributed by atoms with E-state index in [-0.39, 0.29) is 11.5 Å². The van der Waals surface area contributed by atoms with Gasteiger partial charge in [0.25, 0.3) is 5.56 Å². The lowest BCUT2D eigenvalue weighted by Gasteiger charge is -2.38. The third kappa shape index (κ3) is 3.93. The summed E-state index contributed by atoms with van der Waals surface area (Å²) in [4.78, 5) is 37.4. The lowest BCUT2D eigenvalue weighted by atomic mass is 10.2. The maximum atomic E-state index is 12.1. The van der Waals surface area contributed by atoms with Gasteiger partial charge in [0.2, 0.25) is 0 Å². The maximum absolute atomic E-state index is 12.1. The monoisotopic (exact) mass is 370 g/mol. The smallest absolute Gasteiger partial charge is 0.335 e. The molecule has 0 aromatic carbocycles. The molecule has 2 rings (SSSR count). The fourth-order valence-corrected chi connectivity index (χ4v) is 3.83. The van der Waals surface area contributed by atoms with Gasteiger partial charge in [-0.05, 0) is 25.1 Å². The molecular formula is C16H26N2O6Si. The van der Waals surface area contributed by atoms with Gasteiger partial charge in [-0.2, -0.15) is 0 Å². The minimum Gasteiger partial charge on any atom is -0.479 e. The largest absolute Gasteiger partial charge is 0.479 e. The van der Waals surface area contributed by atoms with Crippen LogP contribution in [0.4, 0.5) is 0 Å². The fraction of sp³-hybridized carbons (Fsp3) is 0.688. The van der Waals surface area contributed by atoms with Crippen LogP contribution in [0.5, 0.6) is 0 Å². The van der Waals surface area contributed by atoms with Crippen molar-refractivity contribution in [2.24, 2.45) is 0 Å². The van der Waals surface area contributed by atoms with E-state index in [1.54, 1.807) is 6.92 Å². The minimum absolute atomic E-state index is 0.0838. The maximum Gasteiger partial charge on any atom is 0.335 e. The molecule has 25 heavy (non-hydrogen) atoms. The van der Waals surface area contributed by atoms with Gasteiger partial charge in [0, 0.05) is 18.2 Å². The van der Waals surface area contributed by atoms with E-state index < -0.39 is 44.0 Å². The number of aliphatic carboxylic acids is 1. The van der Waals surface area contributed by atoms with Crippen molar-refractivity contribution in [2.75, 3.05) is 0 Å². The zero-order valence-electron chi connectivity index (χ0n) is 15.5. The highest BCUT2D eigenvalue weighted by atomic mass is 28.4. The lowest BCUT2D eigenvalue weighted by Crippen LogP contribution is -2.47. The Morgan fingerprint density at radius 1 is 1.40 bits per heavy atom. The Morgan fingerprint density at radius 2 is 2.00 bits per heavy atom. The Balaban J connectivity index is 2.32. The fourth-order valence-electron chi connectivity index (χ4n) is 2.50. The highest BCUT2D eigenvalue weighted by molar-refractivity contribution is 6.74. The Kier molecular flexibility index (Phi) is 5.13. The van der Waals surface area contributed by atoms with Crippen molar-refractivity contribution in [2.45, 2.75) is 70.7 Å². The molecule has 1 saturated heterocycles. The van der Waals surface area contributed by atoms with Gasteiger partial charge >= 0.3 is 11.7 Å². The van der Waals surface area contributed by atoms with Crippen molar-refractivity contribution in [3.63, 3.8) is 0 Å². The summed E-state index contributed by atoms with van der Waals surface area (Å²) < 4.78 is 13.0. The molecule has 0 bridgehead atoms. The van der Waals surface area contributed by atoms with Gasteiger partial charge < -0.3 is 14.3 Å². The number of rotatable bonds is 4. The molecule has 0 spiro atoms. The van der Waals surface area contributed by atoms with Crippen molar-refractivity contribution in [3.05, 3.63) is 32.6 Å². The Bertz CT molecular complexity index is 776. The van der Waals surface area contributed by atoms with Gasteiger partial charge in [0.05, 0.1) is 6.10 Å². The highest BCUT2D eigenvalue weighted by Gasteiger charge is 2.47. The van der Waals surface area contributed by atoms with Crippen molar-refractivity contribution in [1.29, 1.82) is 0 Å². The van der Waals surface area contributed by atoms with Crippen LogP contribution < -0.4 is 11.2 Å². The Labute approximate surface area is 146 Å². The molecule has 1 aliphatic rings. The molecule has 2 heterocycles. The number of aromatic nitrogens is 2. The summed E-state index contributed by atoms with van der Waals surface area (Å²) in [5.41, 5.74) is -0.746. The molecule has 0 amide bonds. The van der Waals surface area contributed by atoms with Gasteiger partial charge in [0.1, 0.15) is 6.23 Å². The summed E-state index contributed by atoms with van der Waals surface area (Å²) in [6.45, 7) is 11.8. The van der Waals surface area contributed by atoms with Crippen LogP contribution in [-0.2, 0) is 14.0 Å². The van der Waals surface area contributed by atoms with Crippen LogP contribution in [-0.4, -0.2) is 41.2 Å². The topological polar surface area (TPSA) is 111 Å². The van der Waals surface area contributed by atoms with Crippen LogP contribution in [0.2, 0.25) is 18.1 Å². The first-order chi connectivity index (χ1) is 11.3. The van der Waals surface area contributed by atoms with Gasteiger partial charge in [-0.3, -0.25) is 14.3 Å². The first kappa shape index (κ1) is 19.6. The molecule has 140 valence electrons. The van der Waals surface area contributed by atoms with E-state index in [1.807, 2.05) is 13.1 Å². The van der Waals surface area contributed by atoms with Gasteiger partial charge in [-0.25, -0.2) is 9.59 Å². The number of hydrogen-bond acceptors (Lipinski definition) is 5. The molecule has 8 nitrogen and oxygen atoms in total. The van der Waals surface area contributed by atoms with Gasteiger partial charge in [0.15, 0.2) is 14.4 Å². The quantitative estimate of drug-likeness (QED) is 0.779. The molecule has 0 radical (unpaired) electrons. The number of carboxylic acid groups (broad SMARTS) is 1. The zero-order chi connectivity index (χ0) is 19.2. The highest BCUT2D eigenvalue weighted by Crippen LogP contribution is 2.40. The van der Waals surface area contributed by atoms with E-state index >= 15 is 0 Å². The average Bonchev–Trinajstić information content (AvgIpc) is 2.84. The second kappa shape index (κ2) is 6.54. The predicted octanol–water partition coefficient (Wildman–Crippen LogP) is 1.61. The van der Waals surface area contributed by atoms with Crippen LogP contribution in [0.1, 0.15) is 39.0 Å². The lowest BCUT2D eigenvalue weighted by molar-refractivity contribution is -0.155. The summed E-state index contributed by atoms with van der Waals surface area (Å²) in [7, 11) is -2.21. The van der Waals surface area contributed by atoms with Crippen LogP contribution in [0.25, 0.3) is 0 Å². The van der Waals surface area contributed by atoms with Crippen molar-refractivity contribution >= 4 is 14.3 Å². The minimum atomic E-state index is -2.21. The third-order valence-corrected chi connectivity index (χ3v) is 9.53. The summed E-state index contributed by atoms with van der Waals surface area (Å²) in [6, 6.07) is 0. The molecular weight excluding hydrogens is 344 g/mol. The van der Waals surface area contributed by atoms with Crippen LogP contribution in [0, 0.1) is 6.92 Å². The number of ether oxygens (including phenoxy) is 1. The van der Waals surface area contributed by atoms with Gasteiger partial charge in [-0.1, -0.05) is 20.8 Å². The number of nitrogens with zero attached hydrogens (tertiary/aromatic N) is 1. The number of aryl methyl sites for hydroxylation is 1. The third-order valence-electron chi connectivity index (χ3n) is 5.03. The molecule has 2 N–H and O–H groups in total. The summed E-state index contributed by atoms with van der Waals surface area (Å²) in [5.74, 6) is -1.12. The van der Waals surface area contributed by atoms with Crippen LogP contribution in [0.15, 0.2) is 15.8 Å². The van der Waals surface area contributed by atoms with E-state index in [9.17, 15) is 19.5 Å². The SMILES string of the molecule is Cc1cn([C@H]2CC(O[Si](C)(C)C(C)(C)C)[C@@H](C(=O)O)O2)c(=O)[nH]c1=O. The molecule has 1 aliphatic heterocycles. The van der Waals surface area contributed by atoms with Crippen LogP contribution >= 0.6 is 0 Å². The standard InChI is InChI=1S/C16H26N2O6Si/c1-9-8-18(15(22)17-13(9)19)11-7-10(12(23-11)14(20)21)24-25(5,6)16(2,3)4/h8,10-12H,7H2,1-6H3,(H,20,21)(H,17,19,22)/t10?,11-,12+/m1/s1. The van der Waals surface area contributed by atoms with Crippen molar-refractivity contribution in [3.8, 4) is 0 Å². The summed E-state index contributed by atoms with van der Waals surface area (Å²) in [6.07, 6.45) is -0.978. The second-order valence-corrected chi connectivity index (χ2v) is 12.7. The molecule has 1 fully saturated rings. The van der Waals surface area contributed by atoms with Crippen molar-refractivity contribution in [1.82, 2.24) is 9.55 Å².